The molecule has 0 spiro atoms. The molecule has 1 aliphatic rings. The minimum absolute atomic E-state index is 0.158. The summed E-state index contributed by atoms with van der Waals surface area (Å²) in [5.41, 5.74) is 1.88. The van der Waals surface area contributed by atoms with Crippen LogP contribution in [0.3, 0.4) is 0 Å². The van der Waals surface area contributed by atoms with Gasteiger partial charge in [-0.1, -0.05) is 6.07 Å². The van der Waals surface area contributed by atoms with Gasteiger partial charge in [0.15, 0.2) is 11.5 Å². The molecule has 0 aliphatic carbocycles. The molecule has 1 aliphatic heterocycles. The fraction of sp³-hybridized carbons (Fsp3) is 0.176. The van der Waals surface area contributed by atoms with E-state index >= 15 is 0 Å². The summed E-state index contributed by atoms with van der Waals surface area (Å²) in [4.78, 5) is 23.4. The first kappa shape index (κ1) is 14.9. The van der Waals surface area contributed by atoms with Crippen LogP contribution in [-0.2, 0) is 16.0 Å². The van der Waals surface area contributed by atoms with Gasteiger partial charge in [-0.3, -0.25) is 4.79 Å². The van der Waals surface area contributed by atoms with Crippen LogP contribution in [0.2, 0.25) is 0 Å². The monoisotopic (exact) mass is 313 g/mol. The normalized spacial score (nSPS) is 11.9. The molecule has 0 fully saturated rings. The molecule has 0 radical (unpaired) electrons. The second-order valence-electron chi connectivity index (χ2n) is 4.98. The molecule has 1 heterocycles. The molecule has 3 rings (SSSR count). The second kappa shape index (κ2) is 6.39. The third-order valence-electron chi connectivity index (χ3n) is 3.39. The summed E-state index contributed by atoms with van der Waals surface area (Å²) in [6, 6.07) is 11.9. The number of methoxy groups -OCH3 is 1. The number of anilines is 1. The van der Waals surface area contributed by atoms with Crippen LogP contribution in [-0.4, -0.2) is 25.8 Å². The molecule has 0 unspecified atom stereocenters. The molecule has 118 valence electrons. The van der Waals surface area contributed by atoms with Gasteiger partial charge in [0.05, 0.1) is 19.1 Å². The Bertz CT molecular complexity index is 739. The number of hydrogen-bond donors (Lipinski definition) is 1. The zero-order valence-electron chi connectivity index (χ0n) is 12.5. The van der Waals surface area contributed by atoms with Crippen molar-refractivity contribution >= 4 is 17.6 Å². The first-order valence-corrected chi connectivity index (χ1v) is 7.02. The molecule has 1 N–H and O–H groups in total. The highest BCUT2D eigenvalue weighted by Crippen LogP contribution is 2.32. The predicted octanol–water partition coefficient (Wildman–Crippen LogP) is 2.38. The van der Waals surface area contributed by atoms with Crippen LogP contribution < -0.4 is 14.8 Å². The van der Waals surface area contributed by atoms with Gasteiger partial charge in [-0.15, -0.1) is 0 Å². The lowest BCUT2D eigenvalue weighted by molar-refractivity contribution is -0.115. The van der Waals surface area contributed by atoms with Crippen molar-refractivity contribution in [3.8, 4) is 11.5 Å². The highest BCUT2D eigenvalue weighted by atomic mass is 16.7. The molecule has 0 saturated carbocycles. The Kier molecular flexibility index (Phi) is 4.14. The summed E-state index contributed by atoms with van der Waals surface area (Å²) in [5, 5.41) is 2.78. The molecule has 6 heteroatoms. The van der Waals surface area contributed by atoms with Crippen LogP contribution >= 0.6 is 0 Å². The van der Waals surface area contributed by atoms with E-state index in [1.807, 2.05) is 6.07 Å². The molecular weight excluding hydrogens is 298 g/mol. The van der Waals surface area contributed by atoms with Crippen molar-refractivity contribution in [3.05, 3.63) is 53.6 Å². The Labute approximate surface area is 133 Å². The first-order chi connectivity index (χ1) is 11.2. The number of esters is 1. The fourth-order valence-corrected chi connectivity index (χ4v) is 2.25. The van der Waals surface area contributed by atoms with Crippen LogP contribution in [0.4, 0.5) is 5.69 Å². The second-order valence-corrected chi connectivity index (χ2v) is 4.98. The number of amides is 1. The number of fused-ring (bicyclic) bond motifs is 1. The average Bonchev–Trinajstić information content (AvgIpc) is 3.02. The van der Waals surface area contributed by atoms with Gasteiger partial charge in [0.1, 0.15) is 0 Å². The molecule has 2 aromatic rings. The van der Waals surface area contributed by atoms with E-state index in [0.717, 1.165) is 5.56 Å². The Balaban J connectivity index is 1.62. The van der Waals surface area contributed by atoms with Crippen molar-refractivity contribution in [1.29, 1.82) is 0 Å². The van der Waals surface area contributed by atoms with Crippen LogP contribution in [0.15, 0.2) is 42.5 Å². The average molecular weight is 313 g/mol. The topological polar surface area (TPSA) is 73.9 Å². The number of rotatable bonds is 4. The van der Waals surface area contributed by atoms with Crippen molar-refractivity contribution in [2.75, 3.05) is 19.2 Å². The van der Waals surface area contributed by atoms with Gasteiger partial charge in [-0.25, -0.2) is 4.79 Å². The summed E-state index contributed by atoms with van der Waals surface area (Å²) in [7, 11) is 1.32. The number of hydrogen-bond acceptors (Lipinski definition) is 5. The zero-order valence-corrected chi connectivity index (χ0v) is 12.5. The number of nitrogens with one attached hydrogen (secondary N) is 1. The summed E-state index contributed by atoms with van der Waals surface area (Å²) in [6.07, 6.45) is 0.218. The summed E-state index contributed by atoms with van der Waals surface area (Å²) < 4.78 is 15.1. The van der Waals surface area contributed by atoms with Crippen molar-refractivity contribution < 1.29 is 23.8 Å². The van der Waals surface area contributed by atoms with Gasteiger partial charge < -0.3 is 19.5 Å². The molecule has 2 aromatic carbocycles. The lowest BCUT2D eigenvalue weighted by atomic mass is 10.1. The Morgan fingerprint density at radius 3 is 2.57 bits per heavy atom. The number of carbonyl (C=O) groups excluding carboxylic acids is 2. The Hall–Kier alpha value is -3.02. The first-order valence-electron chi connectivity index (χ1n) is 7.02. The zero-order chi connectivity index (χ0) is 16.2. The molecule has 0 aromatic heterocycles. The van der Waals surface area contributed by atoms with Gasteiger partial charge in [-0.05, 0) is 42.0 Å². The summed E-state index contributed by atoms with van der Waals surface area (Å²) in [6.45, 7) is 0.206. The van der Waals surface area contributed by atoms with E-state index in [-0.39, 0.29) is 19.1 Å². The van der Waals surface area contributed by atoms with Crippen molar-refractivity contribution in [2.24, 2.45) is 0 Å². The SMILES string of the molecule is COC(=O)c1ccc(NC(=O)Cc2ccc3c(c2)OCO3)cc1. The maximum Gasteiger partial charge on any atom is 0.337 e. The van der Waals surface area contributed by atoms with E-state index < -0.39 is 5.97 Å². The van der Waals surface area contributed by atoms with Crippen molar-refractivity contribution in [3.63, 3.8) is 0 Å². The molecular formula is C17H15NO5. The molecule has 6 nitrogen and oxygen atoms in total. The van der Waals surface area contributed by atoms with E-state index in [1.54, 1.807) is 36.4 Å². The minimum atomic E-state index is -0.414. The van der Waals surface area contributed by atoms with Crippen molar-refractivity contribution in [1.82, 2.24) is 0 Å². The van der Waals surface area contributed by atoms with E-state index in [2.05, 4.69) is 10.1 Å². The van der Waals surface area contributed by atoms with Crippen LogP contribution in [0.1, 0.15) is 15.9 Å². The fourth-order valence-electron chi connectivity index (χ4n) is 2.25. The molecule has 0 bridgehead atoms. The Morgan fingerprint density at radius 2 is 1.83 bits per heavy atom. The van der Waals surface area contributed by atoms with Gasteiger partial charge in [0, 0.05) is 5.69 Å². The van der Waals surface area contributed by atoms with Crippen LogP contribution in [0.25, 0.3) is 0 Å². The third-order valence-corrected chi connectivity index (χ3v) is 3.39. The quantitative estimate of drug-likeness (QED) is 0.877. The van der Waals surface area contributed by atoms with Crippen LogP contribution in [0.5, 0.6) is 11.5 Å². The van der Waals surface area contributed by atoms with E-state index in [0.29, 0.717) is 22.7 Å². The van der Waals surface area contributed by atoms with Crippen LogP contribution in [0, 0.1) is 0 Å². The standard InChI is InChI=1S/C17H15NO5/c1-21-17(20)12-3-5-13(6-4-12)18-16(19)9-11-2-7-14-15(8-11)23-10-22-14/h2-8H,9-10H2,1H3,(H,18,19). The summed E-state index contributed by atoms with van der Waals surface area (Å²) >= 11 is 0. The van der Waals surface area contributed by atoms with E-state index in [1.165, 1.54) is 7.11 Å². The molecule has 1 amide bonds. The largest absolute Gasteiger partial charge is 0.465 e. The molecule has 0 atom stereocenters. The summed E-state index contributed by atoms with van der Waals surface area (Å²) in [5.74, 6) is 0.767. The number of carbonyl (C=O) groups is 2. The molecule has 0 saturated heterocycles. The third kappa shape index (κ3) is 3.42. The predicted molar refractivity (Wildman–Crippen MR) is 82.7 cm³/mol. The lowest BCUT2D eigenvalue weighted by Crippen LogP contribution is -2.14. The number of benzene rings is 2. The van der Waals surface area contributed by atoms with E-state index in [4.69, 9.17) is 9.47 Å². The van der Waals surface area contributed by atoms with Gasteiger partial charge in [-0.2, -0.15) is 0 Å². The maximum absolute atomic E-state index is 12.1. The van der Waals surface area contributed by atoms with E-state index in [9.17, 15) is 9.59 Å². The highest BCUT2D eigenvalue weighted by molar-refractivity contribution is 5.94. The number of ether oxygens (including phenoxy) is 3. The van der Waals surface area contributed by atoms with Gasteiger partial charge in [0.25, 0.3) is 0 Å². The highest BCUT2D eigenvalue weighted by Gasteiger charge is 2.14. The van der Waals surface area contributed by atoms with Gasteiger partial charge in [0.2, 0.25) is 12.7 Å². The maximum atomic E-state index is 12.1. The molecule has 23 heavy (non-hydrogen) atoms. The Morgan fingerprint density at radius 1 is 1.09 bits per heavy atom. The lowest BCUT2D eigenvalue weighted by Gasteiger charge is -2.07. The van der Waals surface area contributed by atoms with Gasteiger partial charge >= 0.3 is 5.97 Å². The smallest absolute Gasteiger partial charge is 0.337 e. The minimum Gasteiger partial charge on any atom is -0.465 e. The van der Waals surface area contributed by atoms with Crippen molar-refractivity contribution in [2.45, 2.75) is 6.42 Å².